The lowest BCUT2D eigenvalue weighted by Gasteiger charge is -2.44. The average molecular weight is 617 g/mol. The number of nitrogens with zero attached hydrogens (tertiary/aromatic N) is 3. The molecule has 44 heavy (non-hydrogen) atoms. The second-order valence-corrected chi connectivity index (χ2v) is 14.1. The summed E-state index contributed by atoms with van der Waals surface area (Å²) in [5.74, 6) is -3.81. The largest absolute Gasteiger partial charge is 0.444 e. The first-order valence-corrected chi connectivity index (χ1v) is 15.9. The Bertz CT molecular complexity index is 1190. The predicted octanol–water partition coefficient (Wildman–Crippen LogP) is 6.05. The van der Waals surface area contributed by atoms with Crippen LogP contribution in [0.5, 0.6) is 0 Å². The maximum absolute atomic E-state index is 14.8. The van der Waals surface area contributed by atoms with Crippen molar-refractivity contribution in [2.45, 2.75) is 116 Å². The van der Waals surface area contributed by atoms with E-state index in [2.05, 4.69) is 10.2 Å². The molecule has 5 atom stereocenters. The number of benzene rings is 1. The van der Waals surface area contributed by atoms with Crippen molar-refractivity contribution in [2.75, 3.05) is 19.6 Å². The number of carbonyl (C=O) groups is 2. The van der Waals surface area contributed by atoms with Crippen LogP contribution in [0.2, 0.25) is 0 Å². The van der Waals surface area contributed by atoms with Crippen LogP contribution in [-0.2, 0) is 9.53 Å². The fourth-order valence-electron chi connectivity index (χ4n) is 7.07. The van der Waals surface area contributed by atoms with Crippen LogP contribution in [0.4, 0.5) is 13.6 Å². The van der Waals surface area contributed by atoms with Gasteiger partial charge in [0.15, 0.2) is 0 Å². The van der Waals surface area contributed by atoms with Crippen molar-refractivity contribution in [1.82, 2.24) is 20.0 Å². The molecule has 2 amide bonds. The van der Waals surface area contributed by atoms with Gasteiger partial charge in [0.25, 0.3) is 5.92 Å². The first-order chi connectivity index (χ1) is 20.5. The number of halogens is 2. The molecule has 9 nitrogen and oxygen atoms in total. The number of rotatable bonds is 8. The summed E-state index contributed by atoms with van der Waals surface area (Å²) in [6.07, 6.45) is 3.02. The molecule has 0 aromatic heterocycles. The number of hydrogen-bond donors (Lipinski definition) is 3. The number of fused-ring (bicyclic) bond motifs is 2. The highest BCUT2D eigenvalue weighted by Gasteiger charge is 2.46. The molecule has 244 valence electrons. The van der Waals surface area contributed by atoms with Gasteiger partial charge in [-0.25, -0.2) is 13.6 Å². The minimum atomic E-state index is -3.20. The van der Waals surface area contributed by atoms with Crippen LogP contribution in [-0.4, -0.2) is 87.7 Å². The first-order valence-electron chi connectivity index (χ1n) is 15.9. The molecular formula is C33H50F2N6O3. The van der Waals surface area contributed by atoms with Crippen LogP contribution >= 0.6 is 0 Å². The molecule has 1 aromatic carbocycles. The molecule has 0 saturated carbocycles. The third-order valence-electron chi connectivity index (χ3n) is 9.02. The Kier molecular flexibility index (Phi) is 10.4. The Labute approximate surface area is 260 Å². The summed E-state index contributed by atoms with van der Waals surface area (Å²) in [6.45, 7) is 10.6. The van der Waals surface area contributed by atoms with Crippen LogP contribution in [0.3, 0.4) is 0 Å². The lowest BCUT2D eigenvalue weighted by molar-refractivity contribution is -0.137. The summed E-state index contributed by atoms with van der Waals surface area (Å²) < 4.78 is 34.9. The Balaban J connectivity index is 1.44. The zero-order chi connectivity index (χ0) is 32.4. The monoisotopic (exact) mass is 616 g/mol. The van der Waals surface area contributed by atoms with E-state index >= 15 is 0 Å². The standard InChI is InChI=1S/C33H50F2N6O3/c1-21(2)29(37)41(22(3)36)27-16-25-12-13-26(17-27)40(25)15-14-28(23-10-8-7-9-11-23)38-30(42)24-18-33(34,35)20-39(19-24)31(43)44-32(4,5)6/h7-11,21,24-28,36-37H,12-20H2,1-6H3,(H,38,42)/t24?,25-,26?,27?,28-/m0/s1. The molecule has 3 unspecified atom stereocenters. The summed E-state index contributed by atoms with van der Waals surface area (Å²) in [5.41, 5.74) is 0.0753. The number of amides is 2. The van der Waals surface area contributed by atoms with Crippen LogP contribution in [0.15, 0.2) is 30.3 Å². The van der Waals surface area contributed by atoms with E-state index in [-0.39, 0.29) is 24.5 Å². The van der Waals surface area contributed by atoms with E-state index in [9.17, 15) is 18.4 Å². The number of likely N-dealkylation sites (tertiary alicyclic amines) is 1. The maximum Gasteiger partial charge on any atom is 0.410 e. The normalized spacial score (nSPS) is 25.8. The number of ether oxygens (including phenoxy) is 1. The Morgan fingerprint density at radius 2 is 1.73 bits per heavy atom. The number of hydrogen-bond acceptors (Lipinski definition) is 6. The highest BCUT2D eigenvalue weighted by molar-refractivity contribution is 5.98. The van der Waals surface area contributed by atoms with Gasteiger partial charge >= 0.3 is 6.09 Å². The lowest BCUT2D eigenvalue weighted by Crippen LogP contribution is -2.55. The molecule has 3 heterocycles. The van der Waals surface area contributed by atoms with Gasteiger partial charge in [-0.15, -0.1) is 0 Å². The average Bonchev–Trinajstić information content (AvgIpc) is 3.16. The van der Waals surface area contributed by atoms with Crippen molar-refractivity contribution in [3.05, 3.63) is 35.9 Å². The van der Waals surface area contributed by atoms with Crippen molar-refractivity contribution in [1.29, 1.82) is 10.8 Å². The van der Waals surface area contributed by atoms with Crippen molar-refractivity contribution >= 4 is 23.7 Å². The van der Waals surface area contributed by atoms with Crippen LogP contribution in [0.1, 0.15) is 91.7 Å². The third-order valence-corrected chi connectivity index (χ3v) is 9.02. The van der Waals surface area contributed by atoms with Gasteiger partial charge in [-0.05, 0) is 65.4 Å². The zero-order valence-electron chi connectivity index (χ0n) is 27.0. The second kappa shape index (κ2) is 13.5. The molecule has 3 saturated heterocycles. The molecule has 3 N–H and O–H groups in total. The van der Waals surface area contributed by atoms with E-state index in [4.69, 9.17) is 15.6 Å². The van der Waals surface area contributed by atoms with E-state index in [1.165, 1.54) is 0 Å². The SMILES string of the molecule is CC(=N)N(C(=N)C(C)C)C1CC2CC[C@@H](C1)N2CC[C@H](NC(=O)C1CN(C(=O)OC(C)(C)C)CC(F)(F)C1)c1ccccc1. The van der Waals surface area contributed by atoms with E-state index in [0.29, 0.717) is 30.2 Å². The number of amidine groups is 2. The Morgan fingerprint density at radius 3 is 2.27 bits per heavy atom. The van der Waals surface area contributed by atoms with Crippen LogP contribution < -0.4 is 5.32 Å². The van der Waals surface area contributed by atoms with Gasteiger partial charge in [0.2, 0.25) is 5.91 Å². The molecule has 3 aliphatic heterocycles. The van der Waals surface area contributed by atoms with Gasteiger partial charge < -0.3 is 19.9 Å². The summed E-state index contributed by atoms with van der Waals surface area (Å²) in [5, 5.41) is 20.0. The van der Waals surface area contributed by atoms with Crippen molar-refractivity contribution in [3.63, 3.8) is 0 Å². The second-order valence-electron chi connectivity index (χ2n) is 14.1. The molecule has 2 bridgehead atoms. The van der Waals surface area contributed by atoms with Gasteiger partial charge in [0.05, 0.1) is 24.3 Å². The topological polar surface area (TPSA) is 113 Å². The summed E-state index contributed by atoms with van der Waals surface area (Å²) in [4.78, 5) is 31.5. The van der Waals surface area contributed by atoms with E-state index in [0.717, 1.165) is 42.7 Å². The minimum absolute atomic E-state index is 0.0431. The smallest absolute Gasteiger partial charge is 0.410 e. The molecule has 3 aliphatic rings. The maximum atomic E-state index is 14.8. The Morgan fingerprint density at radius 1 is 1.11 bits per heavy atom. The molecule has 0 spiro atoms. The zero-order valence-corrected chi connectivity index (χ0v) is 27.0. The summed E-state index contributed by atoms with van der Waals surface area (Å²) >= 11 is 0. The van der Waals surface area contributed by atoms with E-state index in [1.54, 1.807) is 27.7 Å². The van der Waals surface area contributed by atoms with E-state index < -0.39 is 42.4 Å². The quantitative estimate of drug-likeness (QED) is 0.243. The molecule has 0 aliphatic carbocycles. The summed E-state index contributed by atoms with van der Waals surface area (Å²) in [7, 11) is 0. The molecule has 11 heteroatoms. The first kappa shape index (κ1) is 33.8. The van der Waals surface area contributed by atoms with E-state index in [1.807, 2.05) is 49.1 Å². The fraction of sp³-hybridized carbons (Fsp3) is 0.697. The van der Waals surface area contributed by atoms with Gasteiger partial charge in [0.1, 0.15) is 11.4 Å². The van der Waals surface area contributed by atoms with Crippen LogP contribution in [0, 0.1) is 22.7 Å². The van der Waals surface area contributed by atoms with Crippen LogP contribution in [0.25, 0.3) is 0 Å². The number of piperidine rings is 2. The highest BCUT2D eigenvalue weighted by Crippen LogP contribution is 2.39. The van der Waals surface area contributed by atoms with Crippen molar-refractivity contribution in [2.24, 2.45) is 11.8 Å². The highest BCUT2D eigenvalue weighted by atomic mass is 19.3. The van der Waals surface area contributed by atoms with Gasteiger partial charge in [-0.3, -0.25) is 20.5 Å². The lowest BCUT2D eigenvalue weighted by atomic mass is 9.92. The van der Waals surface area contributed by atoms with Crippen molar-refractivity contribution in [3.8, 4) is 0 Å². The molecular weight excluding hydrogens is 566 g/mol. The molecule has 0 radical (unpaired) electrons. The number of carbonyl (C=O) groups excluding carboxylic acids is 2. The Hall–Kier alpha value is -3.08. The van der Waals surface area contributed by atoms with Gasteiger partial charge in [-0.1, -0.05) is 44.2 Å². The van der Waals surface area contributed by atoms with Gasteiger partial charge in [0, 0.05) is 43.6 Å². The summed E-state index contributed by atoms with van der Waals surface area (Å²) in [6, 6.07) is 10.00. The van der Waals surface area contributed by atoms with Crippen molar-refractivity contribution < 1.29 is 23.1 Å². The van der Waals surface area contributed by atoms with Gasteiger partial charge in [-0.2, -0.15) is 0 Å². The molecule has 3 fully saturated rings. The number of nitrogens with one attached hydrogen (secondary N) is 3. The minimum Gasteiger partial charge on any atom is -0.444 e. The molecule has 1 aromatic rings. The molecule has 4 rings (SSSR count). The third kappa shape index (κ3) is 8.34. The fourth-order valence-corrected chi connectivity index (χ4v) is 7.07. The number of alkyl halides is 2. The predicted molar refractivity (Wildman–Crippen MR) is 167 cm³/mol.